The van der Waals surface area contributed by atoms with Crippen LogP contribution in [0.3, 0.4) is 0 Å². The van der Waals surface area contributed by atoms with Gasteiger partial charge in [0.2, 0.25) is 5.91 Å². The van der Waals surface area contributed by atoms with Gasteiger partial charge in [0, 0.05) is 32.4 Å². The molecule has 118 valence electrons. The summed E-state index contributed by atoms with van der Waals surface area (Å²) in [5.41, 5.74) is 6.94. The number of amides is 1. The molecule has 1 saturated heterocycles. The summed E-state index contributed by atoms with van der Waals surface area (Å²) in [6.07, 6.45) is 1.90. The largest absolute Gasteiger partial charge is 0.384 e. The molecule has 0 aliphatic carbocycles. The molecule has 1 fully saturated rings. The van der Waals surface area contributed by atoms with Crippen LogP contribution in [-0.4, -0.2) is 29.2 Å². The average Bonchev–Trinajstić information content (AvgIpc) is 2.68. The van der Waals surface area contributed by atoms with Crippen molar-refractivity contribution >= 4 is 17.7 Å². The van der Waals surface area contributed by atoms with E-state index in [9.17, 15) is 9.59 Å². The summed E-state index contributed by atoms with van der Waals surface area (Å²) in [5, 5.41) is 3.61. The smallest absolute Gasteiger partial charge is 0.332 e. The van der Waals surface area contributed by atoms with Crippen LogP contribution in [0.15, 0.2) is 35.5 Å². The lowest BCUT2D eigenvalue weighted by molar-refractivity contribution is -0.141. The maximum Gasteiger partial charge on any atom is 0.332 e. The van der Waals surface area contributed by atoms with Crippen LogP contribution in [0.1, 0.15) is 31.7 Å². The van der Waals surface area contributed by atoms with Gasteiger partial charge in [-0.1, -0.05) is 35.5 Å². The zero-order valence-electron chi connectivity index (χ0n) is 12.7. The van der Waals surface area contributed by atoms with E-state index in [1.807, 2.05) is 35.2 Å². The first-order chi connectivity index (χ1) is 10.6. The van der Waals surface area contributed by atoms with Gasteiger partial charge < -0.3 is 15.5 Å². The molecular formula is C16H21N3O3. The Labute approximate surface area is 129 Å². The zero-order valence-corrected chi connectivity index (χ0v) is 12.7. The van der Waals surface area contributed by atoms with Crippen molar-refractivity contribution in [3.05, 3.63) is 35.9 Å². The van der Waals surface area contributed by atoms with Crippen molar-refractivity contribution in [3.63, 3.8) is 0 Å². The Hall–Kier alpha value is -2.37. The monoisotopic (exact) mass is 303 g/mol. The van der Waals surface area contributed by atoms with Gasteiger partial charge in [0.15, 0.2) is 0 Å². The third-order valence-electron chi connectivity index (χ3n) is 3.67. The normalized spacial score (nSPS) is 19.7. The summed E-state index contributed by atoms with van der Waals surface area (Å²) in [4.78, 5) is 29.5. The lowest BCUT2D eigenvalue weighted by Gasteiger charge is -2.20. The zero-order chi connectivity index (χ0) is 15.9. The predicted molar refractivity (Wildman–Crippen MR) is 82.6 cm³/mol. The van der Waals surface area contributed by atoms with E-state index in [1.54, 1.807) is 0 Å². The number of benzene rings is 1. The summed E-state index contributed by atoms with van der Waals surface area (Å²) in [7, 11) is 0. The Morgan fingerprint density at radius 3 is 2.82 bits per heavy atom. The van der Waals surface area contributed by atoms with Crippen LogP contribution in [0.25, 0.3) is 0 Å². The second-order valence-electron chi connectivity index (χ2n) is 5.44. The number of amidine groups is 1. The highest BCUT2D eigenvalue weighted by molar-refractivity contribution is 5.88. The topological polar surface area (TPSA) is 85.0 Å². The fourth-order valence-corrected chi connectivity index (χ4v) is 2.51. The molecule has 1 unspecified atom stereocenters. The highest BCUT2D eigenvalue weighted by Crippen LogP contribution is 2.20. The number of carbonyl (C=O) groups excluding carboxylic acids is 2. The first kappa shape index (κ1) is 16.0. The number of likely N-dealkylation sites (tertiary alicyclic amines) is 1. The summed E-state index contributed by atoms with van der Waals surface area (Å²) in [6, 6.07) is 9.89. The van der Waals surface area contributed by atoms with Crippen LogP contribution in [-0.2, 0) is 21.0 Å². The molecule has 0 bridgehead atoms. The number of hydrogen-bond donors (Lipinski definition) is 1. The number of hydrogen-bond acceptors (Lipinski definition) is 4. The summed E-state index contributed by atoms with van der Waals surface area (Å²) >= 11 is 0. The van der Waals surface area contributed by atoms with E-state index < -0.39 is 5.97 Å². The quantitative estimate of drug-likeness (QED) is 0.397. The van der Waals surface area contributed by atoms with Gasteiger partial charge in [-0.15, -0.1) is 0 Å². The van der Waals surface area contributed by atoms with Crippen LogP contribution < -0.4 is 5.73 Å². The van der Waals surface area contributed by atoms with Gasteiger partial charge >= 0.3 is 5.97 Å². The van der Waals surface area contributed by atoms with E-state index in [0.717, 1.165) is 18.4 Å². The SMILES string of the molecule is CC(=O)O/N=C(\N)C1CCCN(Cc2ccccc2)C(=O)C1. The van der Waals surface area contributed by atoms with Gasteiger partial charge in [0.05, 0.1) is 0 Å². The van der Waals surface area contributed by atoms with E-state index in [1.165, 1.54) is 6.92 Å². The van der Waals surface area contributed by atoms with Crippen molar-refractivity contribution in [3.8, 4) is 0 Å². The Morgan fingerprint density at radius 1 is 1.41 bits per heavy atom. The molecule has 6 nitrogen and oxygen atoms in total. The van der Waals surface area contributed by atoms with E-state index in [2.05, 4.69) is 9.99 Å². The Bertz CT molecular complexity index is 557. The summed E-state index contributed by atoms with van der Waals surface area (Å²) in [5.74, 6) is -0.432. The fourth-order valence-electron chi connectivity index (χ4n) is 2.51. The Kier molecular flexibility index (Phi) is 5.52. The summed E-state index contributed by atoms with van der Waals surface area (Å²) < 4.78 is 0. The second-order valence-corrected chi connectivity index (χ2v) is 5.44. The minimum Gasteiger partial charge on any atom is -0.384 e. The van der Waals surface area contributed by atoms with Crippen molar-refractivity contribution in [2.24, 2.45) is 16.8 Å². The molecule has 1 aliphatic heterocycles. The molecule has 1 heterocycles. The molecule has 2 rings (SSSR count). The standard InChI is InChI=1S/C16H21N3O3/c1-12(20)22-18-16(17)14-8-5-9-19(15(21)10-14)11-13-6-3-2-4-7-13/h2-4,6-7,14H,5,8-11H2,1H3,(H2,17,18). The molecule has 0 spiro atoms. The molecule has 1 aliphatic rings. The third kappa shape index (κ3) is 4.58. The number of oxime groups is 1. The van der Waals surface area contributed by atoms with Gasteiger partial charge in [0.1, 0.15) is 5.84 Å². The van der Waals surface area contributed by atoms with Crippen LogP contribution >= 0.6 is 0 Å². The molecule has 0 saturated carbocycles. The van der Waals surface area contributed by atoms with Crippen molar-refractivity contribution in [2.45, 2.75) is 32.7 Å². The fraction of sp³-hybridized carbons (Fsp3) is 0.438. The third-order valence-corrected chi connectivity index (χ3v) is 3.67. The molecule has 0 radical (unpaired) electrons. The number of nitrogens with two attached hydrogens (primary N) is 1. The average molecular weight is 303 g/mol. The minimum absolute atomic E-state index is 0.0485. The van der Waals surface area contributed by atoms with E-state index in [-0.39, 0.29) is 17.7 Å². The molecule has 6 heteroatoms. The molecule has 1 atom stereocenters. The Balaban J connectivity index is 1.98. The maximum absolute atomic E-state index is 12.4. The van der Waals surface area contributed by atoms with Crippen LogP contribution in [0.2, 0.25) is 0 Å². The molecular weight excluding hydrogens is 282 g/mol. The van der Waals surface area contributed by atoms with Gasteiger partial charge in [-0.25, -0.2) is 4.79 Å². The van der Waals surface area contributed by atoms with Crippen LogP contribution in [0.4, 0.5) is 0 Å². The number of rotatable bonds is 4. The minimum atomic E-state index is -0.520. The molecule has 1 aromatic rings. The maximum atomic E-state index is 12.4. The molecule has 1 aromatic carbocycles. The lowest BCUT2D eigenvalue weighted by atomic mass is 9.99. The lowest BCUT2D eigenvalue weighted by Crippen LogP contribution is -2.32. The van der Waals surface area contributed by atoms with E-state index in [0.29, 0.717) is 19.5 Å². The van der Waals surface area contributed by atoms with Crippen LogP contribution in [0, 0.1) is 5.92 Å². The second kappa shape index (κ2) is 7.59. The van der Waals surface area contributed by atoms with Gasteiger partial charge in [-0.05, 0) is 18.4 Å². The predicted octanol–water partition coefficient (Wildman–Crippen LogP) is 1.65. The van der Waals surface area contributed by atoms with Gasteiger partial charge in [0.25, 0.3) is 0 Å². The number of nitrogens with zero attached hydrogens (tertiary/aromatic N) is 2. The summed E-state index contributed by atoms with van der Waals surface area (Å²) in [6.45, 7) is 2.56. The first-order valence-electron chi connectivity index (χ1n) is 7.39. The molecule has 1 amide bonds. The van der Waals surface area contributed by atoms with Crippen molar-refractivity contribution in [1.29, 1.82) is 0 Å². The number of carbonyl (C=O) groups is 2. The van der Waals surface area contributed by atoms with E-state index in [4.69, 9.17) is 5.73 Å². The molecule has 2 N–H and O–H groups in total. The van der Waals surface area contributed by atoms with Crippen molar-refractivity contribution in [2.75, 3.05) is 6.54 Å². The van der Waals surface area contributed by atoms with Gasteiger partial charge in [-0.3, -0.25) is 4.79 Å². The van der Waals surface area contributed by atoms with E-state index >= 15 is 0 Å². The molecule has 22 heavy (non-hydrogen) atoms. The molecule has 0 aromatic heterocycles. The highest BCUT2D eigenvalue weighted by Gasteiger charge is 2.26. The van der Waals surface area contributed by atoms with Crippen LogP contribution in [0.5, 0.6) is 0 Å². The first-order valence-corrected chi connectivity index (χ1v) is 7.39. The van der Waals surface area contributed by atoms with Gasteiger partial charge in [-0.2, -0.15) is 0 Å². The highest BCUT2D eigenvalue weighted by atomic mass is 16.7. The van der Waals surface area contributed by atoms with Crippen molar-refractivity contribution in [1.82, 2.24) is 4.90 Å². The van der Waals surface area contributed by atoms with Crippen molar-refractivity contribution < 1.29 is 14.4 Å². The Morgan fingerprint density at radius 2 is 2.14 bits per heavy atom.